The fourth-order valence-corrected chi connectivity index (χ4v) is 1.87. The van der Waals surface area contributed by atoms with E-state index in [-0.39, 0.29) is 18.1 Å². The SMILES string of the molecule is COC(C)C(c1cnc(C(F)(F)F)nc1)C(C)OC. The number of ether oxygens (including phenoxy) is 2. The summed E-state index contributed by atoms with van der Waals surface area (Å²) in [5.74, 6) is -1.39. The molecular weight excluding hydrogens is 261 g/mol. The molecule has 0 aliphatic rings. The van der Waals surface area contributed by atoms with Crippen molar-refractivity contribution in [3.63, 3.8) is 0 Å². The molecule has 4 nitrogen and oxygen atoms in total. The summed E-state index contributed by atoms with van der Waals surface area (Å²) in [5.41, 5.74) is 0.553. The van der Waals surface area contributed by atoms with Crippen molar-refractivity contribution in [2.45, 2.75) is 38.1 Å². The number of hydrogen-bond acceptors (Lipinski definition) is 4. The predicted octanol–water partition coefficient (Wildman–Crippen LogP) is 2.65. The van der Waals surface area contributed by atoms with Gasteiger partial charge in [-0.3, -0.25) is 0 Å². The number of hydrogen-bond donors (Lipinski definition) is 0. The van der Waals surface area contributed by atoms with Crippen LogP contribution in [-0.4, -0.2) is 36.4 Å². The monoisotopic (exact) mass is 278 g/mol. The standard InChI is InChI=1S/C12H17F3N2O2/c1-7(18-3)10(8(2)19-4)9-5-16-11(17-6-9)12(13,14)15/h5-8,10H,1-4H3. The van der Waals surface area contributed by atoms with Gasteiger partial charge in [0.15, 0.2) is 0 Å². The molecular formula is C12H17F3N2O2. The van der Waals surface area contributed by atoms with Crippen LogP contribution in [0.15, 0.2) is 12.4 Å². The average molecular weight is 278 g/mol. The lowest BCUT2D eigenvalue weighted by molar-refractivity contribution is -0.145. The molecule has 0 saturated heterocycles. The summed E-state index contributed by atoms with van der Waals surface area (Å²) >= 11 is 0. The quantitative estimate of drug-likeness (QED) is 0.830. The zero-order chi connectivity index (χ0) is 14.6. The lowest BCUT2D eigenvalue weighted by Crippen LogP contribution is -2.29. The smallest absolute Gasteiger partial charge is 0.381 e. The van der Waals surface area contributed by atoms with Crippen LogP contribution < -0.4 is 0 Å². The van der Waals surface area contributed by atoms with Gasteiger partial charge in [0.25, 0.3) is 0 Å². The van der Waals surface area contributed by atoms with Crippen LogP contribution in [0, 0.1) is 0 Å². The highest BCUT2D eigenvalue weighted by atomic mass is 19.4. The molecule has 2 atom stereocenters. The Kier molecular flexibility index (Phi) is 5.25. The maximum Gasteiger partial charge on any atom is 0.451 e. The van der Waals surface area contributed by atoms with Crippen LogP contribution in [0.3, 0.4) is 0 Å². The van der Waals surface area contributed by atoms with Gasteiger partial charge in [-0.15, -0.1) is 0 Å². The van der Waals surface area contributed by atoms with Crippen LogP contribution in [0.5, 0.6) is 0 Å². The Bertz CT molecular complexity index is 385. The third-order valence-electron chi connectivity index (χ3n) is 3.07. The van der Waals surface area contributed by atoms with Crippen LogP contribution in [0.1, 0.15) is 31.2 Å². The Morgan fingerprint density at radius 1 is 1.00 bits per heavy atom. The van der Waals surface area contributed by atoms with E-state index in [0.29, 0.717) is 5.56 Å². The van der Waals surface area contributed by atoms with Gasteiger partial charge in [-0.25, -0.2) is 9.97 Å². The van der Waals surface area contributed by atoms with Crippen LogP contribution in [0.4, 0.5) is 13.2 Å². The van der Waals surface area contributed by atoms with Gasteiger partial charge < -0.3 is 9.47 Å². The second-order valence-electron chi connectivity index (χ2n) is 4.25. The number of methoxy groups -OCH3 is 2. The molecule has 7 heteroatoms. The second-order valence-corrected chi connectivity index (χ2v) is 4.25. The van der Waals surface area contributed by atoms with Gasteiger partial charge in [-0.2, -0.15) is 13.2 Å². The zero-order valence-corrected chi connectivity index (χ0v) is 11.2. The first-order valence-corrected chi connectivity index (χ1v) is 5.76. The highest BCUT2D eigenvalue weighted by molar-refractivity contribution is 5.16. The molecule has 0 N–H and O–H groups in total. The third kappa shape index (κ3) is 3.87. The minimum Gasteiger partial charge on any atom is -0.381 e. The van der Waals surface area contributed by atoms with Crippen molar-refractivity contribution >= 4 is 0 Å². The third-order valence-corrected chi connectivity index (χ3v) is 3.07. The number of alkyl halides is 3. The average Bonchev–Trinajstić information content (AvgIpc) is 2.38. The minimum absolute atomic E-state index is 0.227. The molecule has 108 valence electrons. The first kappa shape index (κ1) is 15.8. The highest BCUT2D eigenvalue weighted by Gasteiger charge is 2.35. The molecule has 1 aromatic heterocycles. The van der Waals surface area contributed by atoms with Gasteiger partial charge in [0, 0.05) is 32.5 Å². The van der Waals surface area contributed by atoms with Crippen molar-refractivity contribution in [1.82, 2.24) is 9.97 Å². The highest BCUT2D eigenvalue weighted by Crippen LogP contribution is 2.29. The molecule has 1 heterocycles. The molecule has 0 fully saturated rings. The summed E-state index contributed by atoms with van der Waals surface area (Å²) in [7, 11) is 3.07. The van der Waals surface area contributed by atoms with E-state index in [1.807, 2.05) is 13.8 Å². The number of rotatable bonds is 5. The molecule has 0 spiro atoms. The number of halogens is 3. The normalized spacial score (nSPS) is 17.0. The lowest BCUT2D eigenvalue weighted by Gasteiger charge is -2.27. The van der Waals surface area contributed by atoms with Gasteiger partial charge in [-0.05, 0) is 19.4 Å². The van der Waals surface area contributed by atoms with E-state index >= 15 is 0 Å². The van der Waals surface area contributed by atoms with E-state index in [0.717, 1.165) is 0 Å². The molecule has 19 heavy (non-hydrogen) atoms. The van der Waals surface area contributed by atoms with E-state index in [9.17, 15) is 13.2 Å². The molecule has 0 aromatic carbocycles. The van der Waals surface area contributed by atoms with Gasteiger partial charge in [-0.1, -0.05) is 0 Å². The van der Waals surface area contributed by atoms with Gasteiger partial charge in [0.2, 0.25) is 5.82 Å². The van der Waals surface area contributed by atoms with Gasteiger partial charge >= 0.3 is 6.18 Å². The summed E-state index contributed by atoms with van der Waals surface area (Å²) in [6, 6.07) is 0. The van der Waals surface area contributed by atoms with Crippen LogP contribution in [0.25, 0.3) is 0 Å². The van der Waals surface area contributed by atoms with E-state index in [4.69, 9.17) is 9.47 Å². The summed E-state index contributed by atoms with van der Waals surface area (Å²) in [6.07, 6.45) is -2.64. The Morgan fingerprint density at radius 2 is 1.42 bits per heavy atom. The lowest BCUT2D eigenvalue weighted by atomic mass is 9.91. The number of aromatic nitrogens is 2. The molecule has 0 amide bonds. The molecule has 0 bridgehead atoms. The predicted molar refractivity (Wildman–Crippen MR) is 62.7 cm³/mol. The van der Waals surface area contributed by atoms with Crippen molar-refractivity contribution in [1.29, 1.82) is 0 Å². The maximum atomic E-state index is 12.4. The fourth-order valence-electron chi connectivity index (χ4n) is 1.87. The summed E-state index contributed by atoms with van der Waals surface area (Å²) in [5, 5.41) is 0. The van der Waals surface area contributed by atoms with Crippen molar-refractivity contribution in [2.24, 2.45) is 0 Å². The van der Waals surface area contributed by atoms with Crippen LogP contribution in [0.2, 0.25) is 0 Å². The summed E-state index contributed by atoms with van der Waals surface area (Å²) in [4.78, 5) is 6.71. The van der Waals surface area contributed by atoms with E-state index in [1.54, 1.807) is 0 Å². The largest absolute Gasteiger partial charge is 0.451 e. The van der Waals surface area contributed by atoms with Crippen molar-refractivity contribution in [3.05, 3.63) is 23.8 Å². The first-order chi connectivity index (χ1) is 8.81. The first-order valence-electron chi connectivity index (χ1n) is 5.76. The molecule has 1 aromatic rings. The Morgan fingerprint density at radius 3 is 1.74 bits per heavy atom. The Hall–Kier alpha value is -1.21. The second kappa shape index (κ2) is 6.29. The molecule has 0 aliphatic carbocycles. The Labute approximate surface area is 110 Å². The molecule has 2 unspecified atom stereocenters. The van der Waals surface area contributed by atoms with Crippen molar-refractivity contribution in [3.8, 4) is 0 Å². The van der Waals surface area contributed by atoms with Gasteiger partial charge in [0.05, 0.1) is 12.2 Å². The molecule has 1 rings (SSSR count). The van der Waals surface area contributed by atoms with Crippen LogP contribution in [-0.2, 0) is 15.7 Å². The zero-order valence-electron chi connectivity index (χ0n) is 11.2. The van der Waals surface area contributed by atoms with E-state index < -0.39 is 12.0 Å². The number of nitrogens with zero attached hydrogens (tertiary/aromatic N) is 2. The van der Waals surface area contributed by atoms with Crippen LogP contribution >= 0.6 is 0 Å². The molecule has 0 saturated carbocycles. The van der Waals surface area contributed by atoms with Crippen molar-refractivity contribution < 1.29 is 22.6 Å². The van der Waals surface area contributed by atoms with Crippen molar-refractivity contribution in [2.75, 3.05) is 14.2 Å². The molecule has 0 radical (unpaired) electrons. The summed E-state index contributed by atoms with van der Waals surface area (Å²) in [6.45, 7) is 3.63. The van der Waals surface area contributed by atoms with Gasteiger partial charge in [0.1, 0.15) is 0 Å². The minimum atomic E-state index is -4.53. The fraction of sp³-hybridized carbons (Fsp3) is 0.667. The molecule has 0 aliphatic heterocycles. The topological polar surface area (TPSA) is 44.2 Å². The van der Waals surface area contributed by atoms with E-state index in [1.165, 1.54) is 26.6 Å². The Balaban J connectivity index is 3.04. The van der Waals surface area contributed by atoms with E-state index in [2.05, 4.69) is 9.97 Å². The summed E-state index contributed by atoms with van der Waals surface area (Å²) < 4.78 is 47.6. The maximum absolute atomic E-state index is 12.4.